The molecule has 0 aromatic heterocycles. The molecule has 3 atom stereocenters. The molecule has 0 radical (unpaired) electrons. The van der Waals surface area contributed by atoms with Gasteiger partial charge in [-0.2, -0.15) is 0 Å². The summed E-state index contributed by atoms with van der Waals surface area (Å²) < 4.78 is 0. The van der Waals surface area contributed by atoms with Gasteiger partial charge in [-0.3, -0.25) is 4.79 Å². The fraction of sp³-hybridized carbons (Fsp3) is 0.800. The van der Waals surface area contributed by atoms with E-state index in [0.29, 0.717) is 31.1 Å². The first kappa shape index (κ1) is 12.8. The lowest BCUT2D eigenvalue weighted by atomic mass is 9.65. The van der Waals surface area contributed by atoms with Gasteiger partial charge in [-0.05, 0) is 31.1 Å². The third-order valence-corrected chi connectivity index (χ3v) is 5.00. The van der Waals surface area contributed by atoms with Crippen LogP contribution < -0.4 is 0 Å². The van der Waals surface area contributed by atoms with Crippen molar-refractivity contribution in [2.75, 3.05) is 0 Å². The van der Waals surface area contributed by atoms with Crippen molar-refractivity contribution in [3.8, 4) is 0 Å². The SMILES string of the molecule is CC(C)[C@@H]1CC[C@@]2(C)CC(=O)C/C=C\C[C@@]12O. The molecular formula is C15H24O2. The van der Waals surface area contributed by atoms with Gasteiger partial charge < -0.3 is 5.11 Å². The number of hydrogen-bond donors (Lipinski definition) is 1. The van der Waals surface area contributed by atoms with E-state index in [2.05, 4.69) is 20.8 Å². The van der Waals surface area contributed by atoms with E-state index >= 15 is 0 Å². The zero-order chi connectivity index (χ0) is 12.7. The molecule has 0 heterocycles. The van der Waals surface area contributed by atoms with Crippen LogP contribution in [0.3, 0.4) is 0 Å². The molecule has 1 fully saturated rings. The molecule has 2 heteroatoms. The number of carbonyl (C=O) groups excluding carboxylic acids is 1. The Kier molecular flexibility index (Phi) is 3.19. The lowest BCUT2D eigenvalue weighted by Gasteiger charge is -2.44. The maximum absolute atomic E-state index is 11.8. The van der Waals surface area contributed by atoms with E-state index in [1.165, 1.54) is 0 Å². The minimum atomic E-state index is -0.687. The first-order valence-corrected chi connectivity index (χ1v) is 6.78. The maximum Gasteiger partial charge on any atom is 0.137 e. The number of aliphatic hydroxyl groups is 1. The molecule has 2 rings (SSSR count). The van der Waals surface area contributed by atoms with Crippen molar-refractivity contribution in [2.45, 2.75) is 58.5 Å². The molecule has 0 amide bonds. The van der Waals surface area contributed by atoms with E-state index in [9.17, 15) is 9.90 Å². The van der Waals surface area contributed by atoms with E-state index in [0.717, 1.165) is 12.8 Å². The number of hydrogen-bond acceptors (Lipinski definition) is 2. The number of fused-ring (bicyclic) bond motifs is 1. The smallest absolute Gasteiger partial charge is 0.137 e. The molecule has 17 heavy (non-hydrogen) atoms. The average Bonchev–Trinajstić information content (AvgIpc) is 2.45. The van der Waals surface area contributed by atoms with Crippen LogP contribution in [0, 0.1) is 17.3 Å². The molecule has 0 unspecified atom stereocenters. The van der Waals surface area contributed by atoms with Crippen LogP contribution in [0.4, 0.5) is 0 Å². The lowest BCUT2D eigenvalue weighted by Crippen LogP contribution is -2.49. The fourth-order valence-electron chi connectivity index (χ4n) is 3.89. The van der Waals surface area contributed by atoms with Crippen molar-refractivity contribution in [2.24, 2.45) is 17.3 Å². The Hall–Kier alpha value is -0.630. The topological polar surface area (TPSA) is 37.3 Å². The van der Waals surface area contributed by atoms with Crippen LogP contribution >= 0.6 is 0 Å². The molecule has 0 bridgehead atoms. The number of allylic oxidation sites excluding steroid dienone is 1. The Morgan fingerprint density at radius 1 is 1.41 bits per heavy atom. The van der Waals surface area contributed by atoms with E-state index in [1.807, 2.05) is 12.2 Å². The van der Waals surface area contributed by atoms with Crippen LogP contribution in [-0.2, 0) is 4.79 Å². The van der Waals surface area contributed by atoms with Gasteiger partial charge in [0.25, 0.3) is 0 Å². The fourth-order valence-corrected chi connectivity index (χ4v) is 3.89. The monoisotopic (exact) mass is 236 g/mol. The maximum atomic E-state index is 11.8. The second-order valence-corrected chi connectivity index (χ2v) is 6.47. The van der Waals surface area contributed by atoms with Gasteiger partial charge in [0.05, 0.1) is 5.60 Å². The molecule has 0 aromatic carbocycles. The zero-order valence-corrected chi connectivity index (χ0v) is 11.2. The number of rotatable bonds is 1. The highest BCUT2D eigenvalue weighted by molar-refractivity contribution is 5.81. The van der Waals surface area contributed by atoms with Gasteiger partial charge >= 0.3 is 0 Å². The summed E-state index contributed by atoms with van der Waals surface area (Å²) in [4.78, 5) is 11.8. The minimum absolute atomic E-state index is 0.218. The van der Waals surface area contributed by atoms with E-state index in [1.54, 1.807) is 0 Å². The predicted octanol–water partition coefficient (Wildman–Crippen LogP) is 3.10. The average molecular weight is 236 g/mol. The highest BCUT2D eigenvalue weighted by Crippen LogP contribution is 2.56. The first-order valence-electron chi connectivity index (χ1n) is 6.78. The summed E-state index contributed by atoms with van der Waals surface area (Å²) >= 11 is 0. The summed E-state index contributed by atoms with van der Waals surface area (Å²) in [5, 5.41) is 11.1. The molecule has 0 spiro atoms. The molecule has 2 aliphatic rings. The number of carbonyl (C=O) groups is 1. The summed E-state index contributed by atoms with van der Waals surface area (Å²) in [6.45, 7) is 6.46. The Morgan fingerprint density at radius 2 is 2.12 bits per heavy atom. The van der Waals surface area contributed by atoms with Gasteiger partial charge in [-0.1, -0.05) is 32.9 Å². The van der Waals surface area contributed by atoms with E-state index in [-0.39, 0.29) is 11.2 Å². The van der Waals surface area contributed by atoms with Crippen LogP contribution in [0.25, 0.3) is 0 Å². The van der Waals surface area contributed by atoms with Crippen molar-refractivity contribution in [1.29, 1.82) is 0 Å². The Morgan fingerprint density at radius 3 is 2.76 bits per heavy atom. The number of Topliss-reactive ketones (excluding diaryl/α,β-unsaturated/α-hetero) is 1. The summed E-state index contributed by atoms with van der Waals surface area (Å²) in [5.74, 6) is 1.07. The van der Waals surface area contributed by atoms with Gasteiger partial charge in [0.2, 0.25) is 0 Å². The molecule has 1 saturated carbocycles. The molecule has 96 valence electrons. The van der Waals surface area contributed by atoms with Crippen molar-refractivity contribution >= 4 is 5.78 Å². The molecule has 0 aliphatic heterocycles. The van der Waals surface area contributed by atoms with Gasteiger partial charge in [-0.25, -0.2) is 0 Å². The quantitative estimate of drug-likeness (QED) is 0.710. The predicted molar refractivity (Wildman–Crippen MR) is 68.6 cm³/mol. The summed E-state index contributed by atoms with van der Waals surface area (Å²) in [6.07, 6.45) is 7.75. The van der Waals surface area contributed by atoms with Gasteiger partial charge in [-0.15, -0.1) is 0 Å². The zero-order valence-electron chi connectivity index (χ0n) is 11.2. The largest absolute Gasteiger partial charge is 0.389 e. The summed E-state index contributed by atoms with van der Waals surface area (Å²) in [5.41, 5.74) is -0.905. The normalized spacial score (nSPS) is 44.3. The molecule has 0 saturated heterocycles. The van der Waals surface area contributed by atoms with E-state index in [4.69, 9.17) is 0 Å². The Labute approximate surface area is 104 Å². The van der Waals surface area contributed by atoms with Crippen LogP contribution in [0.2, 0.25) is 0 Å². The van der Waals surface area contributed by atoms with Crippen molar-refractivity contribution in [3.63, 3.8) is 0 Å². The van der Waals surface area contributed by atoms with Crippen molar-refractivity contribution < 1.29 is 9.90 Å². The summed E-state index contributed by atoms with van der Waals surface area (Å²) in [7, 11) is 0. The third-order valence-electron chi connectivity index (χ3n) is 5.00. The first-order chi connectivity index (χ1) is 7.89. The van der Waals surface area contributed by atoms with Crippen LogP contribution in [0.15, 0.2) is 12.2 Å². The van der Waals surface area contributed by atoms with Crippen molar-refractivity contribution in [3.05, 3.63) is 12.2 Å². The van der Waals surface area contributed by atoms with Gasteiger partial charge in [0.1, 0.15) is 5.78 Å². The Bertz CT molecular complexity index is 345. The molecular weight excluding hydrogens is 212 g/mol. The highest BCUT2D eigenvalue weighted by atomic mass is 16.3. The van der Waals surface area contributed by atoms with Gasteiger partial charge in [0, 0.05) is 18.3 Å². The molecule has 2 aliphatic carbocycles. The molecule has 1 N–H and O–H groups in total. The van der Waals surface area contributed by atoms with E-state index < -0.39 is 5.60 Å². The highest BCUT2D eigenvalue weighted by Gasteiger charge is 2.57. The third kappa shape index (κ3) is 1.97. The van der Waals surface area contributed by atoms with Crippen LogP contribution in [0.5, 0.6) is 0 Å². The minimum Gasteiger partial charge on any atom is -0.389 e. The molecule has 0 aromatic rings. The number of ketones is 1. The van der Waals surface area contributed by atoms with Crippen LogP contribution in [-0.4, -0.2) is 16.5 Å². The standard InChI is InChI=1S/C15H24O2/c1-11(2)13-7-9-14(3)10-12(16)6-4-5-8-15(13,14)17/h4-5,11,13,17H,6-10H2,1-3H3/b5-4-/t13-,14-,15+/m0/s1. The second kappa shape index (κ2) is 4.24. The lowest BCUT2D eigenvalue weighted by molar-refractivity contribution is -0.131. The summed E-state index contributed by atoms with van der Waals surface area (Å²) in [6, 6.07) is 0. The Balaban J connectivity index is 2.37. The second-order valence-electron chi connectivity index (χ2n) is 6.47. The van der Waals surface area contributed by atoms with Crippen molar-refractivity contribution in [1.82, 2.24) is 0 Å². The molecule has 2 nitrogen and oxygen atoms in total. The van der Waals surface area contributed by atoms with Crippen LogP contribution in [0.1, 0.15) is 52.9 Å². The van der Waals surface area contributed by atoms with Gasteiger partial charge in [0.15, 0.2) is 0 Å².